The molecule has 0 aliphatic heterocycles. The van der Waals surface area contributed by atoms with Crippen LogP contribution in [0.3, 0.4) is 0 Å². The number of halogens is 2. The Bertz CT molecular complexity index is 719. The average Bonchev–Trinajstić information content (AvgIpc) is 2.97. The third-order valence-corrected chi connectivity index (χ3v) is 3.33. The molecule has 0 unspecified atom stereocenters. The van der Waals surface area contributed by atoms with Crippen LogP contribution in [0.5, 0.6) is 0 Å². The lowest BCUT2D eigenvalue weighted by atomic mass is 10.0. The van der Waals surface area contributed by atoms with E-state index < -0.39 is 0 Å². The number of nitrogens with zero attached hydrogens (tertiary/aromatic N) is 1. The summed E-state index contributed by atoms with van der Waals surface area (Å²) in [4.78, 5) is 0. The molecule has 2 heterocycles. The van der Waals surface area contributed by atoms with Gasteiger partial charge in [0.05, 0.1) is 5.56 Å². The van der Waals surface area contributed by atoms with Crippen molar-refractivity contribution in [3.8, 4) is 22.6 Å². The van der Waals surface area contributed by atoms with Crippen molar-refractivity contribution in [1.29, 1.82) is 0 Å². The molecule has 0 aliphatic rings. The van der Waals surface area contributed by atoms with Gasteiger partial charge in [0.25, 0.3) is 0 Å². The Kier molecular flexibility index (Phi) is 3.08. The molecule has 2 aromatic heterocycles. The van der Waals surface area contributed by atoms with Crippen molar-refractivity contribution in [2.24, 2.45) is 0 Å². The fourth-order valence-electron chi connectivity index (χ4n) is 1.80. The molecule has 1 aromatic carbocycles. The zero-order valence-electron chi connectivity index (χ0n) is 9.56. The van der Waals surface area contributed by atoms with Gasteiger partial charge in [-0.15, -0.1) is 0 Å². The number of hydrogen-bond donors (Lipinski definition) is 1. The van der Waals surface area contributed by atoms with Crippen molar-refractivity contribution in [2.75, 3.05) is 5.73 Å². The molecule has 6 heteroatoms. The van der Waals surface area contributed by atoms with Gasteiger partial charge < -0.3 is 14.7 Å². The first kappa shape index (κ1) is 12.3. The summed E-state index contributed by atoms with van der Waals surface area (Å²) in [6.45, 7) is 0. The Hall–Kier alpha value is -1.72. The molecule has 2 N–H and O–H groups in total. The van der Waals surface area contributed by atoms with E-state index in [0.29, 0.717) is 32.6 Å². The summed E-state index contributed by atoms with van der Waals surface area (Å²) in [6.07, 6.45) is 0. The highest BCUT2D eigenvalue weighted by Crippen LogP contribution is 2.38. The van der Waals surface area contributed by atoms with Crippen LogP contribution < -0.4 is 5.73 Å². The number of benzene rings is 1. The van der Waals surface area contributed by atoms with Crippen LogP contribution in [-0.4, -0.2) is 5.16 Å². The third kappa shape index (κ3) is 2.27. The first-order valence-corrected chi connectivity index (χ1v) is 6.59. The van der Waals surface area contributed by atoms with Gasteiger partial charge in [0.2, 0.25) is 5.76 Å². The van der Waals surface area contributed by atoms with Gasteiger partial charge in [-0.25, -0.2) is 0 Å². The molecule has 0 fully saturated rings. The summed E-state index contributed by atoms with van der Waals surface area (Å²) in [5.74, 6) is 1.36. The van der Waals surface area contributed by atoms with Crippen LogP contribution in [0.1, 0.15) is 0 Å². The SMILES string of the molecule is Nc1noc(-c2ccc(Br)o2)c1-c1ccc(Cl)cc1. The van der Waals surface area contributed by atoms with E-state index in [2.05, 4.69) is 21.1 Å². The Morgan fingerprint density at radius 2 is 1.84 bits per heavy atom. The molecule has 0 saturated carbocycles. The molecular weight excluding hydrogens is 332 g/mol. The summed E-state index contributed by atoms with van der Waals surface area (Å²) in [5.41, 5.74) is 7.42. The number of nitrogen functional groups attached to an aromatic ring is 1. The van der Waals surface area contributed by atoms with Crippen LogP contribution >= 0.6 is 27.5 Å². The van der Waals surface area contributed by atoms with E-state index in [9.17, 15) is 0 Å². The Morgan fingerprint density at radius 1 is 1.11 bits per heavy atom. The number of anilines is 1. The topological polar surface area (TPSA) is 65.2 Å². The first-order chi connectivity index (χ1) is 9.15. The van der Waals surface area contributed by atoms with E-state index >= 15 is 0 Å². The Balaban J connectivity index is 2.16. The highest BCUT2D eigenvalue weighted by atomic mass is 79.9. The van der Waals surface area contributed by atoms with E-state index in [1.807, 2.05) is 12.1 Å². The predicted octanol–water partition coefficient (Wildman–Crippen LogP) is 4.60. The van der Waals surface area contributed by atoms with Gasteiger partial charge >= 0.3 is 0 Å². The third-order valence-electron chi connectivity index (χ3n) is 2.65. The molecule has 0 saturated heterocycles. The van der Waals surface area contributed by atoms with E-state index in [-0.39, 0.29) is 0 Å². The highest BCUT2D eigenvalue weighted by Gasteiger charge is 2.20. The average molecular weight is 340 g/mol. The molecule has 0 spiro atoms. The number of hydrogen-bond acceptors (Lipinski definition) is 4. The second kappa shape index (κ2) is 4.75. The smallest absolute Gasteiger partial charge is 0.212 e. The zero-order valence-corrected chi connectivity index (χ0v) is 11.9. The quantitative estimate of drug-likeness (QED) is 0.741. The molecule has 0 amide bonds. The minimum atomic E-state index is 0.310. The standard InChI is InChI=1S/C13H8BrClN2O2/c14-10-6-5-9(18-10)12-11(13(16)17-19-12)7-1-3-8(15)4-2-7/h1-6H,(H2,16,17). The van der Waals surface area contributed by atoms with Gasteiger partial charge in [-0.1, -0.05) is 28.9 Å². The number of furan rings is 1. The molecule has 3 aromatic rings. The van der Waals surface area contributed by atoms with Crippen LogP contribution in [-0.2, 0) is 0 Å². The van der Waals surface area contributed by atoms with Gasteiger partial charge in [0.15, 0.2) is 16.2 Å². The predicted molar refractivity (Wildman–Crippen MR) is 76.8 cm³/mol. The second-order valence-electron chi connectivity index (χ2n) is 3.88. The van der Waals surface area contributed by atoms with E-state index in [1.165, 1.54) is 0 Å². The zero-order chi connectivity index (χ0) is 13.4. The second-order valence-corrected chi connectivity index (χ2v) is 5.10. The van der Waals surface area contributed by atoms with Crippen molar-refractivity contribution >= 4 is 33.3 Å². The molecule has 96 valence electrons. The maximum absolute atomic E-state index is 5.88. The molecule has 0 atom stereocenters. The number of aromatic nitrogens is 1. The summed E-state index contributed by atoms with van der Waals surface area (Å²) in [5, 5.41) is 4.45. The normalized spacial score (nSPS) is 10.8. The Morgan fingerprint density at radius 3 is 2.47 bits per heavy atom. The van der Waals surface area contributed by atoms with Gasteiger partial charge in [-0.3, -0.25) is 0 Å². The largest absolute Gasteiger partial charge is 0.446 e. The lowest BCUT2D eigenvalue weighted by Gasteiger charge is -2.01. The molecule has 19 heavy (non-hydrogen) atoms. The van der Waals surface area contributed by atoms with Crippen molar-refractivity contribution < 1.29 is 8.94 Å². The van der Waals surface area contributed by atoms with Crippen molar-refractivity contribution in [1.82, 2.24) is 5.16 Å². The van der Waals surface area contributed by atoms with Gasteiger partial charge in [-0.05, 0) is 45.8 Å². The summed E-state index contributed by atoms with van der Waals surface area (Å²) in [7, 11) is 0. The number of rotatable bonds is 2. The lowest BCUT2D eigenvalue weighted by molar-refractivity contribution is 0.419. The van der Waals surface area contributed by atoms with Crippen LogP contribution in [0.4, 0.5) is 5.82 Å². The Labute approximate surface area is 122 Å². The maximum atomic E-state index is 5.88. The van der Waals surface area contributed by atoms with E-state index in [4.69, 9.17) is 26.3 Å². The fourth-order valence-corrected chi connectivity index (χ4v) is 2.24. The van der Waals surface area contributed by atoms with Crippen molar-refractivity contribution in [3.05, 3.63) is 46.1 Å². The van der Waals surface area contributed by atoms with Crippen molar-refractivity contribution in [2.45, 2.75) is 0 Å². The van der Waals surface area contributed by atoms with E-state index in [0.717, 1.165) is 5.56 Å². The monoisotopic (exact) mass is 338 g/mol. The minimum Gasteiger partial charge on any atom is -0.446 e. The molecular formula is C13H8BrClN2O2. The first-order valence-electron chi connectivity index (χ1n) is 5.42. The summed E-state index contributed by atoms with van der Waals surface area (Å²) >= 11 is 9.13. The van der Waals surface area contributed by atoms with Crippen LogP contribution in [0.25, 0.3) is 22.6 Å². The molecule has 4 nitrogen and oxygen atoms in total. The van der Waals surface area contributed by atoms with Crippen LogP contribution in [0.15, 0.2) is 50.0 Å². The fraction of sp³-hybridized carbons (Fsp3) is 0. The maximum Gasteiger partial charge on any atom is 0.212 e. The lowest BCUT2D eigenvalue weighted by Crippen LogP contribution is -1.88. The number of nitrogens with two attached hydrogens (primary N) is 1. The van der Waals surface area contributed by atoms with E-state index in [1.54, 1.807) is 24.3 Å². The van der Waals surface area contributed by atoms with Gasteiger partial charge in [0, 0.05) is 5.02 Å². The summed E-state index contributed by atoms with van der Waals surface area (Å²) in [6, 6.07) is 10.8. The van der Waals surface area contributed by atoms with Crippen LogP contribution in [0, 0.1) is 0 Å². The summed E-state index contributed by atoms with van der Waals surface area (Å²) < 4.78 is 11.3. The van der Waals surface area contributed by atoms with Crippen molar-refractivity contribution in [3.63, 3.8) is 0 Å². The van der Waals surface area contributed by atoms with Gasteiger partial charge in [0.1, 0.15) is 0 Å². The highest BCUT2D eigenvalue weighted by molar-refractivity contribution is 9.10. The minimum absolute atomic E-state index is 0.310. The molecule has 3 rings (SSSR count). The van der Waals surface area contributed by atoms with Gasteiger partial charge in [-0.2, -0.15) is 0 Å². The molecule has 0 radical (unpaired) electrons. The molecule has 0 bridgehead atoms. The molecule has 0 aliphatic carbocycles. The van der Waals surface area contributed by atoms with Crippen LogP contribution in [0.2, 0.25) is 5.02 Å².